The Balaban J connectivity index is 1.82. The molecule has 0 aliphatic heterocycles. The van der Waals surface area contributed by atoms with Gasteiger partial charge in [-0.15, -0.1) is 11.3 Å². The summed E-state index contributed by atoms with van der Waals surface area (Å²) in [5, 5.41) is 0. The summed E-state index contributed by atoms with van der Waals surface area (Å²) in [6, 6.07) is 8.34. The van der Waals surface area contributed by atoms with Crippen molar-refractivity contribution in [2.24, 2.45) is 0 Å². The predicted molar refractivity (Wildman–Crippen MR) is 96.5 cm³/mol. The molecule has 0 saturated heterocycles. The number of carbonyl (C=O) groups excluding carboxylic acids is 1. The van der Waals surface area contributed by atoms with E-state index in [9.17, 15) is 4.79 Å². The van der Waals surface area contributed by atoms with E-state index in [1.165, 1.54) is 11.9 Å². The van der Waals surface area contributed by atoms with Crippen LogP contribution in [0.3, 0.4) is 0 Å². The van der Waals surface area contributed by atoms with Crippen LogP contribution < -0.4 is 4.72 Å². The minimum Gasteiger partial charge on any atom is -0.294 e. The molecule has 0 unspecified atom stereocenters. The van der Waals surface area contributed by atoms with Crippen molar-refractivity contribution in [2.45, 2.75) is 31.0 Å². The monoisotopic (exact) mass is 343 g/mol. The molecular weight excluding hydrogens is 326 g/mol. The number of amides is 1. The van der Waals surface area contributed by atoms with Gasteiger partial charge in [0.1, 0.15) is 0 Å². The number of hydrogen-bond acceptors (Lipinski definition) is 5. The van der Waals surface area contributed by atoms with E-state index in [2.05, 4.69) is 39.0 Å². The lowest BCUT2D eigenvalue weighted by molar-refractivity contribution is -0.119. The van der Waals surface area contributed by atoms with Crippen LogP contribution in [0.15, 0.2) is 41.0 Å². The molecule has 0 bridgehead atoms. The number of hydrogen-bond donors (Lipinski definition) is 1. The maximum absolute atomic E-state index is 11.5. The van der Waals surface area contributed by atoms with Crippen molar-refractivity contribution in [3.8, 4) is 11.1 Å². The standard InChI is InChI=1S/C17H17N3OS2/c1-3-4-16(21)20-23-17-19-14-8-12(5-6-15(14)22-17)13-7-11(2)9-18-10-13/h5-10H,3-4H2,1-2H3,(H,20,21). The van der Waals surface area contributed by atoms with Gasteiger partial charge in [0.25, 0.3) is 0 Å². The van der Waals surface area contributed by atoms with Crippen LogP contribution in [0.4, 0.5) is 0 Å². The molecule has 2 heterocycles. The third-order valence-corrected chi connectivity index (χ3v) is 5.23. The van der Waals surface area contributed by atoms with Gasteiger partial charge < -0.3 is 0 Å². The van der Waals surface area contributed by atoms with Crippen LogP contribution in [-0.4, -0.2) is 15.9 Å². The summed E-state index contributed by atoms with van der Waals surface area (Å²) in [5.74, 6) is 0.0447. The number of carbonyl (C=O) groups is 1. The number of nitrogens with one attached hydrogen (secondary N) is 1. The van der Waals surface area contributed by atoms with Gasteiger partial charge in [0.05, 0.1) is 10.2 Å². The second-order valence-corrected chi connectivity index (χ2v) is 7.37. The zero-order valence-electron chi connectivity index (χ0n) is 13.0. The zero-order valence-corrected chi connectivity index (χ0v) is 14.6. The van der Waals surface area contributed by atoms with Crippen molar-refractivity contribution >= 4 is 39.4 Å². The van der Waals surface area contributed by atoms with Crippen LogP contribution in [-0.2, 0) is 4.79 Å². The smallest absolute Gasteiger partial charge is 0.230 e. The average molecular weight is 343 g/mol. The van der Waals surface area contributed by atoms with Gasteiger partial charge >= 0.3 is 0 Å². The maximum atomic E-state index is 11.5. The van der Waals surface area contributed by atoms with Gasteiger partial charge in [0.15, 0.2) is 4.34 Å². The van der Waals surface area contributed by atoms with Crippen LogP contribution in [0.1, 0.15) is 25.3 Å². The molecule has 0 aliphatic carbocycles. The summed E-state index contributed by atoms with van der Waals surface area (Å²) in [6.07, 6.45) is 5.10. The van der Waals surface area contributed by atoms with Gasteiger partial charge in [-0.05, 0) is 42.7 Å². The number of pyridine rings is 1. The van der Waals surface area contributed by atoms with Crippen molar-refractivity contribution in [1.29, 1.82) is 0 Å². The van der Waals surface area contributed by atoms with E-state index in [0.717, 1.165) is 37.7 Å². The Hall–Kier alpha value is -1.92. The number of benzene rings is 1. The molecule has 0 aliphatic rings. The zero-order chi connectivity index (χ0) is 16.2. The summed E-state index contributed by atoms with van der Waals surface area (Å²) in [4.78, 5) is 20.4. The van der Waals surface area contributed by atoms with Crippen LogP contribution >= 0.6 is 23.3 Å². The van der Waals surface area contributed by atoms with Crippen molar-refractivity contribution in [3.63, 3.8) is 0 Å². The molecule has 1 amide bonds. The minimum atomic E-state index is 0.0447. The Morgan fingerprint density at radius 2 is 2.13 bits per heavy atom. The van der Waals surface area contributed by atoms with E-state index in [4.69, 9.17) is 0 Å². The highest BCUT2D eigenvalue weighted by Crippen LogP contribution is 2.31. The van der Waals surface area contributed by atoms with Gasteiger partial charge in [0, 0.05) is 36.3 Å². The lowest BCUT2D eigenvalue weighted by Gasteiger charge is -2.01. The molecule has 118 valence electrons. The Morgan fingerprint density at radius 3 is 2.91 bits per heavy atom. The first kappa shape index (κ1) is 16.0. The Morgan fingerprint density at radius 1 is 1.26 bits per heavy atom. The van der Waals surface area contributed by atoms with E-state index in [1.807, 2.05) is 26.2 Å². The summed E-state index contributed by atoms with van der Waals surface area (Å²) in [7, 11) is 0. The van der Waals surface area contributed by atoms with Crippen LogP contribution in [0.2, 0.25) is 0 Å². The lowest BCUT2D eigenvalue weighted by atomic mass is 10.1. The Bertz CT molecular complexity index is 845. The van der Waals surface area contributed by atoms with Gasteiger partial charge in [0.2, 0.25) is 5.91 Å². The number of fused-ring (bicyclic) bond motifs is 1. The predicted octanol–water partition coefficient (Wildman–Crippen LogP) is 4.59. The van der Waals surface area contributed by atoms with Gasteiger partial charge in [-0.3, -0.25) is 14.5 Å². The maximum Gasteiger partial charge on any atom is 0.230 e. The van der Waals surface area contributed by atoms with Gasteiger partial charge in [-0.25, -0.2) is 4.98 Å². The first-order chi connectivity index (χ1) is 11.2. The highest BCUT2D eigenvalue weighted by molar-refractivity contribution is 7.99. The normalized spacial score (nSPS) is 10.9. The topological polar surface area (TPSA) is 54.9 Å². The molecule has 1 aromatic carbocycles. The van der Waals surface area contributed by atoms with E-state index in [1.54, 1.807) is 11.3 Å². The van der Waals surface area contributed by atoms with Crippen molar-refractivity contribution in [2.75, 3.05) is 0 Å². The molecule has 3 rings (SSSR count). The summed E-state index contributed by atoms with van der Waals surface area (Å²) in [5.41, 5.74) is 4.27. The second kappa shape index (κ2) is 7.10. The molecule has 23 heavy (non-hydrogen) atoms. The fourth-order valence-electron chi connectivity index (χ4n) is 2.22. The molecule has 0 spiro atoms. The Kier molecular flexibility index (Phi) is 4.93. The van der Waals surface area contributed by atoms with Crippen molar-refractivity contribution in [3.05, 3.63) is 42.2 Å². The summed E-state index contributed by atoms with van der Waals surface area (Å²) in [6.45, 7) is 4.02. The number of rotatable bonds is 5. The molecule has 4 nitrogen and oxygen atoms in total. The van der Waals surface area contributed by atoms with Crippen LogP contribution in [0.25, 0.3) is 21.3 Å². The molecule has 6 heteroatoms. The largest absolute Gasteiger partial charge is 0.294 e. The van der Waals surface area contributed by atoms with Gasteiger partial charge in [-0.2, -0.15) is 0 Å². The highest BCUT2D eigenvalue weighted by atomic mass is 32.2. The SMILES string of the molecule is CCCC(=O)NSc1nc2cc(-c3cncc(C)c3)ccc2s1. The van der Waals surface area contributed by atoms with Gasteiger partial charge in [-0.1, -0.05) is 13.0 Å². The van der Waals surface area contributed by atoms with E-state index in [0.29, 0.717) is 6.42 Å². The Labute approximate surface area is 143 Å². The van der Waals surface area contributed by atoms with E-state index in [-0.39, 0.29) is 5.91 Å². The fraction of sp³-hybridized carbons (Fsp3) is 0.235. The molecule has 0 saturated carbocycles. The quantitative estimate of drug-likeness (QED) is 0.688. The molecular formula is C17H17N3OS2. The average Bonchev–Trinajstić information content (AvgIpc) is 2.95. The number of aryl methyl sites for hydroxylation is 1. The van der Waals surface area contributed by atoms with E-state index >= 15 is 0 Å². The molecule has 2 aromatic heterocycles. The fourth-order valence-corrected chi connectivity index (χ4v) is 3.91. The third-order valence-electron chi connectivity index (χ3n) is 3.31. The van der Waals surface area contributed by atoms with Crippen molar-refractivity contribution in [1.82, 2.24) is 14.7 Å². The molecule has 3 aromatic rings. The summed E-state index contributed by atoms with van der Waals surface area (Å²) >= 11 is 2.88. The summed E-state index contributed by atoms with van der Waals surface area (Å²) < 4.78 is 4.79. The van der Waals surface area contributed by atoms with Crippen LogP contribution in [0.5, 0.6) is 0 Å². The van der Waals surface area contributed by atoms with Crippen molar-refractivity contribution < 1.29 is 4.79 Å². The highest BCUT2D eigenvalue weighted by Gasteiger charge is 2.08. The number of thiazole rings is 1. The molecule has 0 atom stereocenters. The minimum absolute atomic E-state index is 0.0447. The molecule has 0 fully saturated rings. The first-order valence-electron chi connectivity index (χ1n) is 7.44. The number of nitrogens with zero attached hydrogens (tertiary/aromatic N) is 2. The second-order valence-electron chi connectivity index (χ2n) is 5.29. The van der Waals surface area contributed by atoms with Crippen LogP contribution in [0, 0.1) is 6.92 Å². The lowest BCUT2D eigenvalue weighted by Crippen LogP contribution is -2.14. The third kappa shape index (κ3) is 3.89. The molecule has 0 radical (unpaired) electrons. The molecule has 1 N–H and O–H groups in total. The number of aromatic nitrogens is 2. The first-order valence-corrected chi connectivity index (χ1v) is 9.07. The van der Waals surface area contributed by atoms with E-state index < -0.39 is 0 Å².